The molecule has 0 radical (unpaired) electrons. The van der Waals surface area contributed by atoms with E-state index in [-0.39, 0.29) is 5.91 Å². The maximum absolute atomic E-state index is 12.2. The Bertz CT molecular complexity index is 284. The summed E-state index contributed by atoms with van der Waals surface area (Å²) in [4.78, 5) is 27.2. The number of piperidine rings is 2. The van der Waals surface area contributed by atoms with E-state index in [9.17, 15) is 9.70 Å². The summed E-state index contributed by atoms with van der Waals surface area (Å²) in [5, 5.41) is 3.07. The van der Waals surface area contributed by atoms with Crippen LogP contribution >= 0.6 is 0 Å². The van der Waals surface area contributed by atoms with Crippen molar-refractivity contribution < 1.29 is 4.79 Å². The Morgan fingerprint density at radius 2 is 1.50 bits per heavy atom. The van der Waals surface area contributed by atoms with E-state index in [1.54, 1.807) is 0 Å². The molecule has 2 aliphatic rings. The highest BCUT2D eigenvalue weighted by Crippen LogP contribution is 2.14. The quantitative estimate of drug-likeness (QED) is 0.715. The monoisotopic (exact) mass is 253 g/mol. The van der Waals surface area contributed by atoms with Crippen LogP contribution in [0.1, 0.15) is 38.5 Å². The van der Waals surface area contributed by atoms with E-state index < -0.39 is 6.04 Å². The number of hydrogen-bond donors (Lipinski definition) is 0. The predicted octanol–water partition coefficient (Wildman–Crippen LogP) is 1.62. The average Bonchev–Trinajstić information content (AvgIpc) is 2.46. The fourth-order valence-electron chi connectivity index (χ4n) is 2.87. The summed E-state index contributed by atoms with van der Waals surface area (Å²) in [6, 6.07) is -0.693. The lowest BCUT2D eigenvalue weighted by atomic mass is 10.1. The van der Waals surface area contributed by atoms with Crippen molar-refractivity contribution >= 4 is 5.91 Å². The number of carbonyl (C=O) groups is 1. The second kappa shape index (κ2) is 6.83. The first kappa shape index (κ1) is 13.5. The summed E-state index contributed by atoms with van der Waals surface area (Å²) >= 11 is 0. The molecule has 0 saturated carbocycles. The molecule has 2 fully saturated rings. The Balaban J connectivity index is 1.86. The Labute approximate surface area is 108 Å². The van der Waals surface area contributed by atoms with Gasteiger partial charge in [0.25, 0.3) is 5.91 Å². The molecule has 0 aromatic rings. The maximum atomic E-state index is 12.2. The molecule has 2 saturated heterocycles. The fraction of sp³-hybridized carbons (Fsp3) is 0.923. The van der Waals surface area contributed by atoms with Gasteiger partial charge in [-0.3, -0.25) is 4.79 Å². The molecule has 0 bridgehead atoms. The molecule has 0 aliphatic carbocycles. The first-order valence-electron chi connectivity index (χ1n) is 7.15. The lowest BCUT2D eigenvalue weighted by Crippen LogP contribution is -2.46. The van der Waals surface area contributed by atoms with Crippen molar-refractivity contribution in [2.24, 2.45) is 5.18 Å². The number of amides is 1. The minimum absolute atomic E-state index is 0.0599. The summed E-state index contributed by atoms with van der Waals surface area (Å²) < 4.78 is 0. The van der Waals surface area contributed by atoms with Gasteiger partial charge in [-0.05, 0) is 45.2 Å². The molecule has 0 spiro atoms. The second-order valence-electron chi connectivity index (χ2n) is 5.37. The number of rotatable bonds is 4. The molecule has 18 heavy (non-hydrogen) atoms. The van der Waals surface area contributed by atoms with Crippen LogP contribution in [-0.2, 0) is 4.79 Å². The molecule has 0 N–H and O–H groups in total. The molecular formula is C13H23N3O2. The van der Waals surface area contributed by atoms with Crippen LogP contribution in [0.5, 0.6) is 0 Å². The number of nitroso groups, excluding NO2 is 1. The highest BCUT2D eigenvalue weighted by Gasteiger charge is 2.28. The molecule has 5 nitrogen and oxygen atoms in total. The molecule has 1 unspecified atom stereocenters. The SMILES string of the molecule is O=NC(CN1CCCCC1)C(=O)N1CCCCC1. The van der Waals surface area contributed by atoms with Crippen LogP contribution in [0.4, 0.5) is 0 Å². The molecule has 102 valence electrons. The number of likely N-dealkylation sites (tertiary alicyclic amines) is 2. The van der Waals surface area contributed by atoms with Crippen LogP contribution in [0.3, 0.4) is 0 Å². The van der Waals surface area contributed by atoms with Crippen LogP contribution in [0, 0.1) is 4.91 Å². The lowest BCUT2D eigenvalue weighted by molar-refractivity contribution is -0.133. The summed E-state index contributed by atoms with van der Waals surface area (Å²) in [5.74, 6) is -0.0599. The van der Waals surface area contributed by atoms with E-state index in [1.165, 1.54) is 25.7 Å². The fourth-order valence-corrected chi connectivity index (χ4v) is 2.87. The summed E-state index contributed by atoms with van der Waals surface area (Å²) in [6.45, 7) is 4.10. The molecule has 2 aliphatic heterocycles. The molecule has 0 aromatic carbocycles. The predicted molar refractivity (Wildman–Crippen MR) is 70.3 cm³/mol. The van der Waals surface area contributed by atoms with E-state index in [1.807, 2.05) is 4.90 Å². The van der Waals surface area contributed by atoms with Crippen molar-refractivity contribution in [2.75, 3.05) is 32.7 Å². The Kier molecular flexibility index (Phi) is 5.11. The minimum atomic E-state index is -0.693. The third kappa shape index (κ3) is 3.51. The van der Waals surface area contributed by atoms with Crippen molar-refractivity contribution in [2.45, 2.75) is 44.6 Å². The first-order chi connectivity index (χ1) is 8.81. The second-order valence-corrected chi connectivity index (χ2v) is 5.37. The van der Waals surface area contributed by atoms with Gasteiger partial charge in [0.2, 0.25) is 0 Å². The van der Waals surface area contributed by atoms with Crippen molar-refractivity contribution in [1.29, 1.82) is 0 Å². The summed E-state index contributed by atoms with van der Waals surface area (Å²) in [6.07, 6.45) is 6.90. The van der Waals surface area contributed by atoms with E-state index in [0.717, 1.165) is 39.0 Å². The van der Waals surface area contributed by atoms with Crippen LogP contribution < -0.4 is 0 Å². The van der Waals surface area contributed by atoms with Crippen LogP contribution in [0.15, 0.2) is 5.18 Å². The van der Waals surface area contributed by atoms with Gasteiger partial charge >= 0.3 is 0 Å². The maximum Gasteiger partial charge on any atom is 0.252 e. The third-order valence-electron chi connectivity index (χ3n) is 3.96. The third-order valence-corrected chi connectivity index (χ3v) is 3.96. The Hall–Kier alpha value is -0.970. The largest absolute Gasteiger partial charge is 0.341 e. The van der Waals surface area contributed by atoms with E-state index in [2.05, 4.69) is 10.1 Å². The minimum Gasteiger partial charge on any atom is -0.341 e. The van der Waals surface area contributed by atoms with E-state index in [4.69, 9.17) is 0 Å². The molecule has 1 amide bonds. The van der Waals surface area contributed by atoms with Crippen molar-refractivity contribution in [3.63, 3.8) is 0 Å². The van der Waals surface area contributed by atoms with Gasteiger partial charge in [-0.25, -0.2) is 0 Å². The molecule has 2 heterocycles. The first-order valence-corrected chi connectivity index (χ1v) is 7.15. The molecular weight excluding hydrogens is 230 g/mol. The molecule has 2 rings (SSSR count). The Morgan fingerprint density at radius 3 is 2.06 bits per heavy atom. The number of nitrogens with zero attached hydrogens (tertiary/aromatic N) is 3. The highest BCUT2D eigenvalue weighted by atomic mass is 16.3. The highest BCUT2D eigenvalue weighted by molar-refractivity contribution is 5.82. The van der Waals surface area contributed by atoms with Gasteiger partial charge < -0.3 is 9.80 Å². The normalized spacial score (nSPS) is 23.7. The van der Waals surface area contributed by atoms with E-state index in [0.29, 0.717) is 6.54 Å². The molecule has 5 heteroatoms. The zero-order valence-corrected chi connectivity index (χ0v) is 11.0. The van der Waals surface area contributed by atoms with Crippen molar-refractivity contribution in [3.8, 4) is 0 Å². The van der Waals surface area contributed by atoms with Crippen LogP contribution in [-0.4, -0.2) is 54.5 Å². The smallest absolute Gasteiger partial charge is 0.252 e. The topological polar surface area (TPSA) is 53.0 Å². The van der Waals surface area contributed by atoms with Gasteiger partial charge in [0, 0.05) is 19.6 Å². The van der Waals surface area contributed by atoms with Crippen LogP contribution in [0.25, 0.3) is 0 Å². The molecule has 1 atom stereocenters. The van der Waals surface area contributed by atoms with Crippen molar-refractivity contribution in [1.82, 2.24) is 9.80 Å². The standard InChI is InChI=1S/C13H23N3O2/c17-13(16-9-5-2-6-10-16)12(14-18)11-15-7-3-1-4-8-15/h12H,1-11H2. The zero-order chi connectivity index (χ0) is 12.8. The van der Waals surface area contributed by atoms with Crippen molar-refractivity contribution in [3.05, 3.63) is 4.91 Å². The van der Waals surface area contributed by atoms with Gasteiger partial charge in [0.1, 0.15) is 0 Å². The van der Waals surface area contributed by atoms with Crippen LogP contribution in [0.2, 0.25) is 0 Å². The summed E-state index contributed by atoms with van der Waals surface area (Å²) in [7, 11) is 0. The number of carbonyl (C=O) groups excluding carboxylic acids is 1. The van der Waals surface area contributed by atoms with Gasteiger partial charge in [-0.2, -0.15) is 0 Å². The average molecular weight is 253 g/mol. The Morgan fingerprint density at radius 1 is 0.944 bits per heavy atom. The summed E-state index contributed by atoms with van der Waals surface area (Å²) in [5.41, 5.74) is 0. The van der Waals surface area contributed by atoms with Gasteiger partial charge in [-0.15, -0.1) is 4.91 Å². The van der Waals surface area contributed by atoms with Gasteiger partial charge in [0.05, 0.1) is 0 Å². The van der Waals surface area contributed by atoms with E-state index >= 15 is 0 Å². The molecule has 0 aromatic heterocycles. The lowest BCUT2D eigenvalue weighted by Gasteiger charge is -2.31. The number of hydrogen-bond acceptors (Lipinski definition) is 4. The van der Waals surface area contributed by atoms with Gasteiger partial charge in [-0.1, -0.05) is 11.6 Å². The van der Waals surface area contributed by atoms with Gasteiger partial charge in [0.15, 0.2) is 6.04 Å². The zero-order valence-electron chi connectivity index (χ0n) is 11.0.